The molecule has 1 N–H and O–H groups in total. The van der Waals surface area contributed by atoms with Crippen LogP contribution in [0.2, 0.25) is 0 Å². The van der Waals surface area contributed by atoms with Crippen LogP contribution >= 0.6 is 0 Å². The quantitative estimate of drug-likeness (QED) is 0.740. The minimum Gasteiger partial charge on any atom is -0.314 e. The van der Waals surface area contributed by atoms with Crippen LogP contribution in [0.15, 0.2) is 0 Å². The molecule has 1 unspecified atom stereocenters. The maximum Gasteiger partial charge on any atom is 0.00675 e. The molecule has 2 aliphatic rings. The van der Waals surface area contributed by atoms with Gasteiger partial charge in [-0.3, -0.25) is 0 Å². The first kappa shape index (κ1) is 10.4. The first-order valence-corrected chi connectivity index (χ1v) is 6.41. The van der Waals surface area contributed by atoms with E-state index in [9.17, 15) is 0 Å². The van der Waals surface area contributed by atoms with E-state index in [1.807, 2.05) is 0 Å². The van der Waals surface area contributed by atoms with E-state index in [0.29, 0.717) is 0 Å². The molecule has 0 aromatic carbocycles. The standard InChI is InChI=1S/C12H24N2/c1-2-8-13-12(6-1)7-5-11-14-9-3-4-10-14/h12-13H,1-11H2. The van der Waals surface area contributed by atoms with Gasteiger partial charge in [-0.05, 0) is 64.7 Å². The topological polar surface area (TPSA) is 15.3 Å². The molecule has 0 bridgehead atoms. The van der Waals surface area contributed by atoms with Crippen molar-refractivity contribution < 1.29 is 0 Å². The highest BCUT2D eigenvalue weighted by molar-refractivity contribution is 4.73. The number of nitrogens with zero attached hydrogens (tertiary/aromatic N) is 1. The number of hydrogen-bond acceptors (Lipinski definition) is 2. The zero-order valence-corrected chi connectivity index (χ0v) is 9.30. The molecule has 2 nitrogen and oxygen atoms in total. The van der Waals surface area contributed by atoms with Gasteiger partial charge < -0.3 is 10.2 Å². The van der Waals surface area contributed by atoms with E-state index in [1.54, 1.807) is 0 Å². The second-order valence-electron chi connectivity index (χ2n) is 4.84. The smallest absolute Gasteiger partial charge is 0.00675 e. The molecule has 2 aliphatic heterocycles. The summed E-state index contributed by atoms with van der Waals surface area (Å²) in [4.78, 5) is 2.63. The molecule has 0 amide bonds. The second-order valence-corrected chi connectivity index (χ2v) is 4.84. The van der Waals surface area contributed by atoms with Crippen LogP contribution in [0.4, 0.5) is 0 Å². The van der Waals surface area contributed by atoms with E-state index in [2.05, 4.69) is 10.2 Å². The highest BCUT2D eigenvalue weighted by atomic mass is 15.1. The van der Waals surface area contributed by atoms with Gasteiger partial charge >= 0.3 is 0 Å². The van der Waals surface area contributed by atoms with E-state index in [-0.39, 0.29) is 0 Å². The summed E-state index contributed by atoms with van der Waals surface area (Å²) in [6.45, 7) is 5.32. The Hall–Kier alpha value is -0.0800. The van der Waals surface area contributed by atoms with Gasteiger partial charge in [-0.1, -0.05) is 6.42 Å². The summed E-state index contributed by atoms with van der Waals surface area (Å²) in [5, 5.41) is 3.63. The van der Waals surface area contributed by atoms with Crippen molar-refractivity contribution in [1.82, 2.24) is 10.2 Å². The van der Waals surface area contributed by atoms with Crippen LogP contribution < -0.4 is 5.32 Å². The van der Waals surface area contributed by atoms with E-state index in [1.165, 1.54) is 71.1 Å². The predicted molar refractivity (Wildman–Crippen MR) is 60.5 cm³/mol. The third-order valence-corrected chi connectivity index (χ3v) is 3.64. The lowest BCUT2D eigenvalue weighted by Crippen LogP contribution is -2.34. The maximum atomic E-state index is 3.63. The van der Waals surface area contributed by atoms with Gasteiger partial charge in [0.1, 0.15) is 0 Å². The number of piperidine rings is 1. The number of nitrogens with one attached hydrogen (secondary N) is 1. The van der Waals surface area contributed by atoms with E-state index < -0.39 is 0 Å². The highest BCUT2D eigenvalue weighted by Gasteiger charge is 2.14. The second kappa shape index (κ2) is 5.72. The largest absolute Gasteiger partial charge is 0.314 e. The average Bonchev–Trinajstić information content (AvgIpc) is 2.72. The van der Waals surface area contributed by atoms with Crippen LogP contribution in [0.25, 0.3) is 0 Å². The lowest BCUT2D eigenvalue weighted by molar-refractivity contribution is 0.305. The Morgan fingerprint density at radius 2 is 1.93 bits per heavy atom. The van der Waals surface area contributed by atoms with Crippen molar-refractivity contribution in [1.29, 1.82) is 0 Å². The fraction of sp³-hybridized carbons (Fsp3) is 1.00. The summed E-state index contributed by atoms with van der Waals surface area (Å²) in [5.74, 6) is 0. The molecule has 2 heteroatoms. The SMILES string of the molecule is C1CCC(CCCN2CCCC2)NC1. The van der Waals surface area contributed by atoms with Gasteiger partial charge in [-0.25, -0.2) is 0 Å². The fourth-order valence-corrected chi connectivity index (χ4v) is 2.74. The molecule has 0 aliphatic carbocycles. The summed E-state index contributed by atoms with van der Waals surface area (Å²) in [6, 6.07) is 0.839. The first-order chi connectivity index (χ1) is 6.95. The van der Waals surface area contributed by atoms with Gasteiger partial charge in [0.15, 0.2) is 0 Å². The Morgan fingerprint density at radius 1 is 1.07 bits per heavy atom. The molecule has 2 saturated heterocycles. The van der Waals surface area contributed by atoms with Crippen molar-refractivity contribution in [2.24, 2.45) is 0 Å². The van der Waals surface area contributed by atoms with Crippen LogP contribution in [0, 0.1) is 0 Å². The molecule has 0 saturated carbocycles. The molecule has 2 fully saturated rings. The summed E-state index contributed by atoms with van der Waals surface area (Å²) >= 11 is 0. The summed E-state index contributed by atoms with van der Waals surface area (Å²) < 4.78 is 0. The molecular weight excluding hydrogens is 172 g/mol. The van der Waals surface area contributed by atoms with Gasteiger partial charge in [-0.15, -0.1) is 0 Å². The van der Waals surface area contributed by atoms with Crippen molar-refractivity contribution >= 4 is 0 Å². The van der Waals surface area contributed by atoms with Gasteiger partial charge in [0.05, 0.1) is 0 Å². The third kappa shape index (κ3) is 3.25. The molecule has 0 aromatic rings. The molecule has 1 atom stereocenters. The molecule has 2 rings (SSSR count). The third-order valence-electron chi connectivity index (χ3n) is 3.64. The molecule has 0 radical (unpaired) electrons. The Bertz CT molecular complexity index is 146. The monoisotopic (exact) mass is 196 g/mol. The van der Waals surface area contributed by atoms with Crippen LogP contribution in [0.1, 0.15) is 44.9 Å². The highest BCUT2D eigenvalue weighted by Crippen LogP contribution is 2.13. The molecule has 14 heavy (non-hydrogen) atoms. The fourth-order valence-electron chi connectivity index (χ4n) is 2.74. The molecule has 0 spiro atoms. The molecule has 82 valence electrons. The van der Waals surface area contributed by atoms with Gasteiger partial charge in [0.25, 0.3) is 0 Å². The zero-order chi connectivity index (χ0) is 9.64. The van der Waals surface area contributed by atoms with E-state index >= 15 is 0 Å². The van der Waals surface area contributed by atoms with Crippen molar-refractivity contribution in [2.45, 2.75) is 51.0 Å². The number of rotatable bonds is 4. The Balaban J connectivity index is 1.52. The Kier molecular flexibility index (Phi) is 4.26. The van der Waals surface area contributed by atoms with E-state index in [0.717, 1.165) is 6.04 Å². The van der Waals surface area contributed by atoms with Crippen LogP contribution in [-0.2, 0) is 0 Å². The summed E-state index contributed by atoms with van der Waals surface area (Å²) in [5.41, 5.74) is 0. The minimum absolute atomic E-state index is 0.839. The summed E-state index contributed by atoms with van der Waals surface area (Å²) in [7, 11) is 0. The van der Waals surface area contributed by atoms with Crippen LogP contribution in [0.3, 0.4) is 0 Å². The van der Waals surface area contributed by atoms with Gasteiger partial charge in [0.2, 0.25) is 0 Å². The molecule has 2 heterocycles. The minimum atomic E-state index is 0.839. The summed E-state index contributed by atoms with van der Waals surface area (Å²) in [6.07, 6.45) is 9.92. The lowest BCUT2D eigenvalue weighted by Gasteiger charge is -2.24. The van der Waals surface area contributed by atoms with Crippen molar-refractivity contribution in [3.63, 3.8) is 0 Å². The van der Waals surface area contributed by atoms with E-state index in [4.69, 9.17) is 0 Å². The normalized spacial score (nSPS) is 29.6. The Labute approximate surface area is 88.1 Å². The van der Waals surface area contributed by atoms with Crippen molar-refractivity contribution in [3.05, 3.63) is 0 Å². The van der Waals surface area contributed by atoms with Gasteiger partial charge in [-0.2, -0.15) is 0 Å². The number of hydrogen-bond donors (Lipinski definition) is 1. The van der Waals surface area contributed by atoms with Gasteiger partial charge in [0, 0.05) is 6.04 Å². The molecule has 0 aromatic heterocycles. The van der Waals surface area contributed by atoms with Crippen molar-refractivity contribution in [3.8, 4) is 0 Å². The number of likely N-dealkylation sites (tertiary alicyclic amines) is 1. The maximum absolute atomic E-state index is 3.63. The Morgan fingerprint density at radius 3 is 2.64 bits per heavy atom. The zero-order valence-electron chi connectivity index (χ0n) is 9.30. The predicted octanol–water partition coefficient (Wildman–Crippen LogP) is 2.00. The average molecular weight is 196 g/mol. The van der Waals surface area contributed by atoms with Crippen molar-refractivity contribution in [2.75, 3.05) is 26.2 Å². The van der Waals surface area contributed by atoms with Crippen LogP contribution in [0.5, 0.6) is 0 Å². The lowest BCUT2D eigenvalue weighted by atomic mass is 10.0. The van der Waals surface area contributed by atoms with Crippen LogP contribution in [-0.4, -0.2) is 37.1 Å². The molecular formula is C12H24N2. The first-order valence-electron chi connectivity index (χ1n) is 6.41.